The number of hydrogen-bond acceptors (Lipinski definition) is 4. The number of likely N-dealkylation sites (tertiary alicyclic amines) is 1. The van der Waals surface area contributed by atoms with Gasteiger partial charge in [0.05, 0.1) is 12.2 Å². The molecule has 1 N–H and O–H groups in total. The summed E-state index contributed by atoms with van der Waals surface area (Å²) in [6, 6.07) is 12.9. The Morgan fingerprint density at radius 1 is 1.07 bits per heavy atom. The summed E-state index contributed by atoms with van der Waals surface area (Å²) in [5, 5.41) is 2.97. The summed E-state index contributed by atoms with van der Waals surface area (Å²) in [5.41, 5.74) is 2.13. The third kappa shape index (κ3) is 3.93. The number of hydrogen-bond donors (Lipinski definition) is 1. The highest BCUT2D eigenvalue weighted by atomic mass is 16.2. The molecule has 1 fully saturated rings. The summed E-state index contributed by atoms with van der Waals surface area (Å²) < 4.78 is 1.90. The van der Waals surface area contributed by atoms with Crippen LogP contribution in [0.1, 0.15) is 23.3 Å². The summed E-state index contributed by atoms with van der Waals surface area (Å²) in [5.74, 6) is -0.411. The molecule has 28 heavy (non-hydrogen) atoms. The average Bonchev–Trinajstić information content (AvgIpc) is 3.29. The number of piperidine rings is 1. The van der Waals surface area contributed by atoms with Crippen molar-refractivity contribution >= 4 is 17.5 Å². The Hall–Kier alpha value is -3.48. The standard InChI is InChI=1S/C21H21N5O2/c27-20(24-17-6-8-18(9-7-17)26-13-11-22-15-26)16-4-3-12-25(14-16)21(28)19-5-1-2-10-23-19/h1-2,5-11,13,15-16H,3-4,12,14H2,(H,24,27). The minimum absolute atomic E-state index is 0.0612. The lowest BCUT2D eigenvalue weighted by atomic mass is 9.96. The highest BCUT2D eigenvalue weighted by Crippen LogP contribution is 2.21. The van der Waals surface area contributed by atoms with Crippen LogP contribution in [0.4, 0.5) is 5.69 Å². The lowest BCUT2D eigenvalue weighted by molar-refractivity contribution is -0.121. The Bertz CT molecular complexity index is 939. The van der Waals surface area contributed by atoms with Crippen LogP contribution in [0.2, 0.25) is 0 Å². The molecule has 1 saturated heterocycles. The predicted octanol–water partition coefficient (Wildman–Crippen LogP) is 2.76. The highest BCUT2D eigenvalue weighted by molar-refractivity contribution is 5.95. The van der Waals surface area contributed by atoms with E-state index in [4.69, 9.17) is 0 Å². The molecule has 2 aromatic heterocycles. The molecule has 2 amide bonds. The van der Waals surface area contributed by atoms with Crippen molar-refractivity contribution in [2.45, 2.75) is 12.8 Å². The van der Waals surface area contributed by atoms with E-state index in [9.17, 15) is 9.59 Å². The Morgan fingerprint density at radius 3 is 2.64 bits per heavy atom. The fraction of sp³-hybridized carbons (Fsp3) is 0.238. The van der Waals surface area contributed by atoms with Crippen LogP contribution in [0.25, 0.3) is 5.69 Å². The van der Waals surface area contributed by atoms with Crippen molar-refractivity contribution in [3.05, 3.63) is 73.1 Å². The maximum absolute atomic E-state index is 12.7. The van der Waals surface area contributed by atoms with Gasteiger partial charge in [-0.05, 0) is 49.2 Å². The summed E-state index contributed by atoms with van der Waals surface area (Å²) in [7, 11) is 0. The third-order valence-corrected chi connectivity index (χ3v) is 4.90. The van der Waals surface area contributed by atoms with Gasteiger partial charge in [0, 0.05) is 43.1 Å². The van der Waals surface area contributed by atoms with Gasteiger partial charge in [-0.3, -0.25) is 14.6 Å². The lowest BCUT2D eigenvalue weighted by Crippen LogP contribution is -2.44. The molecule has 7 nitrogen and oxygen atoms in total. The number of aromatic nitrogens is 3. The van der Waals surface area contributed by atoms with Crippen LogP contribution in [-0.4, -0.2) is 44.3 Å². The highest BCUT2D eigenvalue weighted by Gasteiger charge is 2.29. The number of imidazole rings is 1. The molecule has 7 heteroatoms. The van der Waals surface area contributed by atoms with Crippen LogP contribution in [0.15, 0.2) is 67.4 Å². The Kier molecular flexibility index (Phi) is 5.14. The fourth-order valence-corrected chi connectivity index (χ4v) is 3.40. The fourth-order valence-electron chi connectivity index (χ4n) is 3.40. The zero-order valence-corrected chi connectivity index (χ0v) is 15.4. The Labute approximate surface area is 163 Å². The van der Waals surface area contributed by atoms with Crippen molar-refractivity contribution in [3.63, 3.8) is 0 Å². The molecular weight excluding hydrogens is 354 g/mol. The van der Waals surface area contributed by atoms with Gasteiger partial charge in [-0.2, -0.15) is 0 Å². The van der Waals surface area contributed by atoms with E-state index in [1.54, 1.807) is 41.8 Å². The van der Waals surface area contributed by atoms with Crippen molar-refractivity contribution in [1.29, 1.82) is 0 Å². The largest absolute Gasteiger partial charge is 0.337 e. The molecule has 4 rings (SSSR count). The van der Waals surface area contributed by atoms with Gasteiger partial charge in [-0.1, -0.05) is 6.07 Å². The molecule has 142 valence electrons. The van der Waals surface area contributed by atoms with Crippen LogP contribution in [0.5, 0.6) is 0 Å². The molecule has 0 aliphatic carbocycles. The summed E-state index contributed by atoms with van der Waals surface area (Å²) in [4.78, 5) is 35.2. The van der Waals surface area contributed by atoms with Crippen molar-refractivity contribution in [3.8, 4) is 5.69 Å². The number of carbonyl (C=O) groups excluding carboxylic acids is 2. The number of benzene rings is 1. The maximum Gasteiger partial charge on any atom is 0.272 e. The average molecular weight is 375 g/mol. The molecule has 0 bridgehead atoms. The lowest BCUT2D eigenvalue weighted by Gasteiger charge is -2.31. The first-order valence-electron chi connectivity index (χ1n) is 9.30. The first-order valence-corrected chi connectivity index (χ1v) is 9.30. The van der Waals surface area contributed by atoms with Crippen molar-refractivity contribution in [2.24, 2.45) is 5.92 Å². The number of nitrogens with zero attached hydrogens (tertiary/aromatic N) is 4. The summed E-state index contributed by atoms with van der Waals surface area (Å²) >= 11 is 0. The van der Waals surface area contributed by atoms with Gasteiger partial charge in [-0.15, -0.1) is 0 Å². The molecule has 3 aromatic rings. The van der Waals surface area contributed by atoms with Crippen LogP contribution >= 0.6 is 0 Å². The van der Waals surface area contributed by atoms with E-state index < -0.39 is 0 Å². The number of nitrogens with one attached hydrogen (secondary N) is 1. The van der Waals surface area contributed by atoms with E-state index in [1.165, 1.54) is 0 Å². The topological polar surface area (TPSA) is 80.1 Å². The maximum atomic E-state index is 12.7. The third-order valence-electron chi connectivity index (χ3n) is 4.90. The normalized spacial score (nSPS) is 16.6. The molecule has 0 spiro atoms. The molecule has 1 unspecified atom stereocenters. The predicted molar refractivity (Wildman–Crippen MR) is 105 cm³/mol. The molecule has 1 atom stereocenters. The molecule has 1 aliphatic rings. The molecule has 1 aromatic carbocycles. The van der Waals surface area contributed by atoms with Gasteiger partial charge >= 0.3 is 0 Å². The van der Waals surface area contributed by atoms with Crippen LogP contribution < -0.4 is 5.32 Å². The van der Waals surface area contributed by atoms with Gasteiger partial charge in [0.25, 0.3) is 5.91 Å². The van der Waals surface area contributed by atoms with Gasteiger partial charge in [-0.25, -0.2) is 4.98 Å². The van der Waals surface area contributed by atoms with E-state index in [1.807, 2.05) is 35.0 Å². The number of carbonyl (C=O) groups is 2. The molecule has 3 heterocycles. The number of rotatable bonds is 4. The summed E-state index contributed by atoms with van der Waals surface area (Å²) in [6.07, 6.45) is 8.48. The van der Waals surface area contributed by atoms with E-state index in [0.29, 0.717) is 18.8 Å². The minimum Gasteiger partial charge on any atom is -0.337 e. The monoisotopic (exact) mass is 375 g/mol. The number of amides is 2. The van der Waals surface area contributed by atoms with Gasteiger partial charge in [0.15, 0.2) is 0 Å². The van der Waals surface area contributed by atoms with E-state index in [-0.39, 0.29) is 17.7 Å². The number of anilines is 1. The van der Waals surface area contributed by atoms with Crippen molar-refractivity contribution < 1.29 is 9.59 Å². The quantitative estimate of drug-likeness (QED) is 0.760. The SMILES string of the molecule is O=C(Nc1ccc(-n2ccnc2)cc1)C1CCCN(C(=O)c2ccccn2)C1. The van der Waals surface area contributed by atoms with E-state index in [0.717, 1.165) is 24.2 Å². The van der Waals surface area contributed by atoms with Gasteiger partial charge in [0.1, 0.15) is 5.69 Å². The second-order valence-corrected chi connectivity index (χ2v) is 6.81. The van der Waals surface area contributed by atoms with Crippen molar-refractivity contribution in [1.82, 2.24) is 19.4 Å². The van der Waals surface area contributed by atoms with E-state index in [2.05, 4.69) is 15.3 Å². The van der Waals surface area contributed by atoms with Crippen LogP contribution in [-0.2, 0) is 4.79 Å². The minimum atomic E-state index is -0.227. The summed E-state index contributed by atoms with van der Waals surface area (Å²) in [6.45, 7) is 1.06. The van der Waals surface area contributed by atoms with Gasteiger partial charge < -0.3 is 14.8 Å². The smallest absolute Gasteiger partial charge is 0.272 e. The number of pyridine rings is 1. The molecule has 0 radical (unpaired) electrons. The zero-order chi connectivity index (χ0) is 19.3. The second-order valence-electron chi connectivity index (χ2n) is 6.81. The van der Waals surface area contributed by atoms with E-state index >= 15 is 0 Å². The van der Waals surface area contributed by atoms with Crippen LogP contribution in [0, 0.1) is 5.92 Å². The van der Waals surface area contributed by atoms with Gasteiger partial charge in [0.2, 0.25) is 5.91 Å². The van der Waals surface area contributed by atoms with Crippen LogP contribution in [0.3, 0.4) is 0 Å². The molecular formula is C21H21N5O2. The molecule has 0 saturated carbocycles. The Morgan fingerprint density at radius 2 is 1.93 bits per heavy atom. The molecule has 1 aliphatic heterocycles. The second kappa shape index (κ2) is 8.04. The van der Waals surface area contributed by atoms with Crippen molar-refractivity contribution in [2.75, 3.05) is 18.4 Å². The first-order chi connectivity index (χ1) is 13.7. The Balaban J connectivity index is 1.38. The first kappa shape index (κ1) is 17.9. The zero-order valence-electron chi connectivity index (χ0n) is 15.4.